The minimum absolute atomic E-state index is 0.268. The van der Waals surface area contributed by atoms with Gasteiger partial charge in [0.2, 0.25) is 0 Å². The quantitative estimate of drug-likeness (QED) is 0.903. The second-order valence-electron chi connectivity index (χ2n) is 7.24. The second kappa shape index (κ2) is 6.99. The van der Waals surface area contributed by atoms with Crippen LogP contribution in [-0.4, -0.2) is 35.2 Å². The molecule has 0 aliphatic heterocycles. The minimum atomic E-state index is -0.523. The van der Waals surface area contributed by atoms with E-state index in [1.54, 1.807) is 17.0 Å². The Morgan fingerprint density at radius 2 is 1.68 bits per heavy atom. The van der Waals surface area contributed by atoms with E-state index < -0.39 is 5.60 Å². The van der Waals surface area contributed by atoms with Gasteiger partial charge >= 0.3 is 6.09 Å². The highest BCUT2D eigenvalue weighted by molar-refractivity contribution is 5.69. The molecule has 0 aromatic heterocycles. The Kier molecular flexibility index (Phi) is 5.80. The number of ether oxygens (including phenoxy) is 1. The third-order valence-electron chi connectivity index (χ3n) is 2.93. The second-order valence-corrected chi connectivity index (χ2v) is 7.24. The lowest BCUT2D eigenvalue weighted by molar-refractivity contribution is 0.00749. The van der Waals surface area contributed by atoms with Gasteiger partial charge < -0.3 is 15.0 Å². The molecule has 0 saturated heterocycles. The first-order valence-corrected chi connectivity index (χ1v) is 7.49. The van der Waals surface area contributed by atoms with Crippen LogP contribution in [0.15, 0.2) is 24.3 Å². The molecule has 0 fully saturated rings. The van der Waals surface area contributed by atoms with Gasteiger partial charge in [-0.25, -0.2) is 9.18 Å². The van der Waals surface area contributed by atoms with E-state index in [4.69, 9.17) is 4.74 Å². The Labute approximate surface area is 132 Å². The highest BCUT2D eigenvalue weighted by Crippen LogP contribution is 2.18. The van der Waals surface area contributed by atoms with Crippen LogP contribution in [0.1, 0.15) is 41.5 Å². The first-order valence-electron chi connectivity index (χ1n) is 7.49. The highest BCUT2D eigenvalue weighted by Gasteiger charge is 2.30. The summed E-state index contributed by atoms with van der Waals surface area (Å²) in [5, 5.41) is 3.18. The zero-order valence-corrected chi connectivity index (χ0v) is 14.4. The van der Waals surface area contributed by atoms with Gasteiger partial charge in [0.15, 0.2) is 0 Å². The molecule has 0 atom stereocenters. The van der Waals surface area contributed by atoms with Gasteiger partial charge in [0, 0.05) is 24.3 Å². The van der Waals surface area contributed by atoms with Crippen molar-refractivity contribution < 1.29 is 13.9 Å². The fraction of sp³-hybridized carbons (Fsp3) is 0.588. The average Bonchev–Trinajstić information content (AvgIpc) is 2.32. The van der Waals surface area contributed by atoms with E-state index in [9.17, 15) is 9.18 Å². The summed E-state index contributed by atoms with van der Waals surface area (Å²) in [5.41, 5.74) is -0.0444. The number of carbonyl (C=O) groups is 1. The third kappa shape index (κ3) is 6.33. The number of rotatable bonds is 4. The monoisotopic (exact) mass is 310 g/mol. The van der Waals surface area contributed by atoms with Gasteiger partial charge in [-0.15, -0.1) is 0 Å². The molecule has 5 heteroatoms. The maximum atomic E-state index is 12.9. The molecule has 1 N–H and O–H groups in total. The first kappa shape index (κ1) is 18.3. The van der Waals surface area contributed by atoms with Crippen molar-refractivity contribution in [1.29, 1.82) is 0 Å². The van der Waals surface area contributed by atoms with Crippen molar-refractivity contribution in [3.8, 4) is 0 Å². The van der Waals surface area contributed by atoms with E-state index >= 15 is 0 Å². The van der Waals surface area contributed by atoms with Crippen molar-refractivity contribution in [2.45, 2.75) is 52.7 Å². The van der Waals surface area contributed by atoms with Crippen LogP contribution >= 0.6 is 0 Å². The molecule has 0 aliphatic rings. The molecule has 1 rings (SSSR count). The third-order valence-corrected chi connectivity index (χ3v) is 2.93. The Balaban J connectivity index is 2.62. The molecule has 4 nitrogen and oxygen atoms in total. The Hall–Kier alpha value is -1.78. The van der Waals surface area contributed by atoms with E-state index in [1.807, 2.05) is 41.5 Å². The summed E-state index contributed by atoms with van der Waals surface area (Å²) in [6, 6.07) is 6.14. The molecule has 0 heterocycles. The smallest absolute Gasteiger partial charge is 0.410 e. The van der Waals surface area contributed by atoms with Crippen LogP contribution in [0.3, 0.4) is 0 Å². The average molecular weight is 310 g/mol. The maximum absolute atomic E-state index is 12.9. The van der Waals surface area contributed by atoms with Crippen LogP contribution in [0.5, 0.6) is 0 Å². The van der Waals surface area contributed by atoms with E-state index in [0.717, 1.165) is 5.69 Å². The molecule has 0 aliphatic carbocycles. The maximum Gasteiger partial charge on any atom is 0.410 e. The van der Waals surface area contributed by atoms with E-state index in [2.05, 4.69) is 5.32 Å². The van der Waals surface area contributed by atoms with Crippen molar-refractivity contribution in [3.63, 3.8) is 0 Å². The summed E-state index contributed by atoms with van der Waals surface area (Å²) in [5.74, 6) is -0.268. The molecule has 0 spiro atoms. The van der Waals surface area contributed by atoms with Gasteiger partial charge in [-0.3, -0.25) is 0 Å². The number of nitrogens with zero attached hydrogens (tertiary/aromatic N) is 1. The zero-order chi connectivity index (χ0) is 17.0. The van der Waals surface area contributed by atoms with Crippen molar-refractivity contribution in [2.75, 3.05) is 18.4 Å². The number of hydrogen-bond donors (Lipinski definition) is 1. The molecular weight excluding hydrogens is 283 g/mol. The number of halogens is 1. The molecule has 1 amide bonds. The Morgan fingerprint density at radius 1 is 1.14 bits per heavy atom. The molecule has 0 radical (unpaired) electrons. The van der Waals surface area contributed by atoms with Crippen LogP contribution in [0.25, 0.3) is 0 Å². The largest absolute Gasteiger partial charge is 0.444 e. The predicted molar refractivity (Wildman–Crippen MR) is 87.6 cm³/mol. The summed E-state index contributed by atoms with van der Waals surface area (Å²) in [6.45, 7) is 12.5. The normalized spacial score (nSPS) is 12.0. The SMILES string of the molecule is CC(C)(C)OC(=O)N(CCNc1ccc(F)cc1)C(C)(C)C. The number of amides is 1. The van der Waals surface area contributed by atoms with Crippen molar-refractivity contribution >= 4 is 11.8 Å². The molecule has 1 aromatic carbocycles. The van der Waals surface area contributed by atoms with Crippen molar-refractivity contribution in [1.82, 2.24) is 4.90 Å². The lowest BCUT2D eigenvalue weighted by Crippen LogP contribution is -2.49. The molecule has 0 saturated carbocycles. The summed E-state index contributed by atoms with van der Waals surface area (Å²) in [6.07, 6.45) is -0.332. The Bertz CT molecular complexity index is 487. The minimum Gasteiger partial charge on any atom is -0.444 e. The van der Waals surface area contributed by atoms with Crippen LogP contribution in [-0.2, 0) is 4.74 Å². The fourth-order valence-electron chi connectivity index (χ4n) is 1.90. The molecule has 124 valence electrons. The summed E-state index contributed by atoms with van der Waals surface area (Å²) >= 11 is 0. The van der Waals surface area contributed by atoms with Gasteiger partial charge in [0.05, 0.1) is 0 Å². The van der Waals surface area contributed by atoms with Gasteiger partial charge in [-0.05, 0) is 65.8 Å². The number of carbonyl (C=O) groups excluding carboxylic acids is 1. The number of benzene rings is 1. The highest BCUT2D eigenvalue weighted by atomic mass is 19.1. The van der Waals surface area contributed by atoms with E-state index in [1.165, 1.54) is 12.1 Å². The van der Waals surface area contributed by atoms with Crippen LogP contribution in [0.4, 0.5) is 14.9 Å². The Morgan fingerprint density at radius 3 is 2.14 bits per heavy atom. The molecule has 0 unspecified atom stereocenters. The number of anilines is 1. The summed E-state index contributed by atoms with van der Waals surface area (Å²) < 4.78 is 18.3. The molecule has 1 aromatic rings. The predicted octanol–water partition coefficient (Wildman–Crippen LogP) is 4.27. The standard InChI is InChI=1S/C17H27FN2O2/c1-16(2,3)20(15(21)22-17(4,5)6)12-11-19-14-9-7-13(18)8-10-14/h7-10,19H,11-12H2,1-6H3. The van der Waals surface area contributed by atoms with Gasteiger partial charge in [0.1, 0.15) is 11.4 Å². The molecular formula is C17H27FN2O2. The zero-order valence-electron chi connectivity index (χ0n) is 14.4. The van der Waals surface area contributed by atoms with E-state index in [-0.39, 0.29) is 17.4 Å². The fourth-order valence-corrected chi connectivity index (χ4v) is 1.90. The van der Waals surface area contributed by atoms with Crippen molar-refractivity contribution in [2.24, 2.45) is 0 Å². The molecule has 0 bridgehead atoms. The lowest BCUT2D eigenvalue weighted by Gasteiger charge is -2.37. The van der Waals surface area contributed by atoms with Gasteiger partial charge in [-0.1, -0.05) is 0 Å². The number of hydrogen-bond acceptors (Lipinski definition) is 3. The summed E-state index contributed by atoms with van der Waals surface area (Å²) in [7, 11) is 0. The van der Waals surface area contributed by atoms with Crippen LogP contribution < -0.4 is 5.32 Å². The molecule has 22 heavy (non-hydrogen) atoms. The van der Waals surface area contributed by atoms with Gasteiger partial charge in [0.25, 0.3) is 0 Å². The number of nitrogens with one attached hydrogen (secondary N) is 1. The topological polar surface area (TPSA) is 41.6 Å². The van der Waals surface area contributed by atoms with Gasteiger partial charge in [-0.2, -0.15) is 0 Å². The van der Waals surface area contributed by atoms with Crippen molar-refractivity contribution in [3.05, 3.63) is 30.1 Å². The lowest BCUT2D eigenvalue weighted by atomic mass is 10.1. The van der Waals surface area contributed by atoms with Crippen LogP contribution in [0.2, 0.25) is 0 Å². The first-order chi connectivity index (χ1) is 9.99. The summed E-state index contributed by atoms with van der Waals surface area (Å²) in [4.78, 5) is 14.0. The van der Waals surface area contributed by atoms with E-state index in [0.29, 0.717) is 13.1 Å². The van der Waals surface area contributed by atoms with Crippen LogP contribution in [0, 0.1) is 5.82 Å².